The van der Waals surface area contributed by atoms with Crippen molar-refractivity contribution in [1.29, 1.82) is 0 Å². The van der Waals surface area contributed by atoms with Gasteiger partial charge in [-0.2, -0.15) is 0 Å². The average Bonchev–Trinajstić information content (AvgIpc) is 3.28. The van der Waals surface area contributed by atoms with E-state index in [1.54, 1.807) is 0 Å². The van der Waals surface area contributed by atoms with Gasteiger partial charge in [-0.1, -0.05) is 41.6 Å². The van der Waals surface area contributed by atoms with Gasteiger partial charge in [-0.3, -0.25) is 4.98 Å². The van der Waals surface area contributed by atoms with Crippen molar-refractivity contribution in [2.24, 2.45) is 0 Å². The first-order valence-corrected chi connectivity index (χ1v) is 8.58. The second-order valence-corrected chi connectivity index (χ2v) is 6.79. The number of hydrogen-bond donors (Lipinski definition) is 0. The molecule has 0 spiro atoms. The van der Waals surface area contributed by atoms with Crippen LogP contribution in [0.25, 0.3) is 10.9 Å². The molecule has 1 aliphatic rings. The largest absolute Gasteiger partial charge is 0.416 e. The van der Waals surface area contributed by atoms with Crippen LogP contribution in [0.5, 0.6) is 0 Å². The minimum absolute atomic E-state index is 0.478. The number of aryl methyl sites for hydroxylation is 1. The second-order valence-electron chi connectivity index (χ2n) is 5.48. The van der Waals surface area contributed by atoms with Crippen molar-refractivity contribution in [2.45, 2.75) is 36.7 Å². The Morgan fingerprint density at radius 1 is 1.27 bits per heavy atom. The topological polar surface area (TPSA) is 51.8 Å². The molecule has 112 valence electrons. The van der Waals surface area contributed by atoms with E-state index in [0.717, 1.165) is 40.9 Å². The summed E-state index contributed by atoms with van der Waals surface area (Å²) in [6.45, 7) is 2.03. The van der Waals surface area contributed by atoms with Gasteiger partial charge in [0.15, 0.2) is 0 Å². The Labute approximate surface area is 137 Å². The van der Waals surface area contributed by atoms with Crippen LogP contribution in [-0.4, -0.2) is 15.2 Å². The van der Waals surface area contributed by atoms with E-state index in [9.17, 15) is 0 Å². The fraction of sp³-hybridized carbons (Fsp3) is 0.312. The number of fused-ring (bicyclic) bond motifs is 1. The first-order chi connectivity index (χ1) is 10.7. The predicted octanol–water partition coefficient (Wildman–Crippen LogP) is 4.75. The molecule has 0 atom stereocenters. The Kier molecular flexibility index (Phi) is 3.54. The Hall–Kier alpha value is -1.59. The third-order valence-corrected chi connectivity index (χ3v) is 5.16. The van der Waals surface area contributed by atoms with Gasteiger partial charge in [0, 0.05) is 17.1 Å². The van der Waals surface area contributed by atoms with Crippen LogP contribution in [0.15, 0.2) is 33.9 Å². The molecular weight excluding hydrogens is 318 g/mol. The molecule has 2 heterocycles. The number of pyridine rings is 1. The zero-order chi connectivity index (χ0) is 15.1. The molecule has 6 heteroatoms. The number of nitrogens with zero attached hydrogens (tertiary/aromatic N) is 3. The van der Waals surface area contributed by atoms with E-state index in [1.807, 2.05) is 31.2 Å². The Balaban J connectivity index is 1.59. The van der Waals surface area contributed by atoms with Crippen LogP contribution in [0, 0.1) is 6.92 Å². The molecule has 0 saturated heterocycles. The van der Waals surface area contributed by atoms with Crippen LogP contribution < -0.4 is 0 Å². The van der Waals surface area contributed by atoms with E-state index >= 15 is 0 Å². The molecule has 22 heavy (non-hydrogen) atoms. The molecule has 0 amide bonds. The number of rotatable bonds is 4. The van der Waals surface area contributed by atoms with E-state index in [2.05, 4.69) is 15.2 Å². The third-order valence-electron chi connectivity index (χ3n) is 3.83. The lowest BCUT2D eigenvalue weighted by atomic mass is 10.1. The van der Waals surface area contributed by atoms with Crippen LogP contribution in [-0.2, 0) is 5.75 Å². The minimum atomic E-state index is 0.478. The van der Waals surface area contributed by atoms with Gasteiger partial charge in [-0.05, 0) is 31.4 Å². The summed E-state index contributed by atoms with van der Waals surface area (Å²) in [5, 5.41) is 10.6. The summed E-state index contributed by atoms with van der Waals surface area (Å²) in [5.41, 5.74) is 2.88. The van der Waals surface area contributed by atoms with Crippen molar-refractivity contribution < 1.29 is 4.42 Å². The van der Waals surface area contributed by atoms with Crippen LogP contribution >= 0.6 is 23.4 Å². The summed E-state index contributed by atoms with van der Waals surface area (Å²) in [6, 6.07) is 8.03. The monoisotopic (exact) mass is 331 g/mol. The summed E-state index contributed by atoms with van der Waals surface area (Å²) < 4.78 is 5.66. The van der Waals surface area contributed by atoms with Gasteiger partial charge in [0.2, 0.25) is 5.89 Å². The molecular formula is C16H14ClN3OS. The fourth-order valence-electron chi connectivity index (χ4n) is 2.42. The van der Waals surface area contributed by atoms with Crippen molar-refractivity contribution in [3.05, 3.63) is 46.4 Å². The van der Waals surface area contributed by atoms with Crippen molar-refractivity contribution >= 4 is 34.3 Å². The van der Waals surface area contributed by atoms with Crippen LogP contribution in [0.3, 0.4) is 0 Å². The van der Waals surface area contributed by atoms with Crippen molar-refractivity contribution in [1.82, 2.24) is 15.2 Å². The Bertz CT molecular complexity index is 845. The quantitative estimate of drug-likeness (QED) is 0.646. The van der Waals surface area contributed by atoms with Crippen LogP contribution in [0.1, 0.15) is 35.9 Å². The van der Waals surface area contributed by atoms with Gasteiger partial charge in [0.1, 0.15) is 0 Å². The van der Waals surface area contributed by atoms with Gasteiger partial charge >= 0.3 is 0 Å². The molecule has 1 saturated carbocycles. The normalized spacial score (nSPS) is 14.6. The first kappa shape index (κ1) is 14.0. The third kappa shape index (κ3) is 2.59. The van der Waals surface area contributed by atoms with Crippen LogP contribution in [0.4, 0.5) is 0 Å². The van der Waals surface area contributed by atoms with E-state index in [-0.39, 0.29) is 0 Å². The standard InChI is InChI=1S/C16H14ClN3OS/c1-9-11-4-2-3-5-12(11)18-13(14(9)17)8-22-16-20-19-15(21-16)10-6-7-10/h2-5,10H,6-8H2,1H3. The fourth-order valence-corrected chi connectivity index (χ4v) is 3.42. The summed E-state index contributed by atoms with van der Waals surface area (Å²) in [4.78, 5) is 4.66. The number of benzene rings is 1. The maximum absolute atomic E-state index is 6.46. The lowest BCUT2D eigenvalue weighted by Crippen LogP contribution is -1.94. The first-order valence-electron chi connectivity index (χ1n) is 7.22. The molecule has 3 aromatic rings. The molecule has 2 aromatic heterocycles. The highest BCUT2D eigenvalue weighted by atomic mass is 35.5. The predicted molar refractivity (Wildman–Crippen MR) is 87.3 cm³/mol. The maximum atomic E-state index is 6.46. The molecule has 0 N–H and O–H groups in total. The molecule has 0 radical (unpaired) electrons. The van der Waals surface area contributed by atoms with Gasteiger partial charge in [0.05, 0.1) is 16.2 Å². The average molecular weight is 332 g/mol. The maximum Gasteiger partial charge on any atom is 0.276 e. The zero-order valence-electron chi connectivity index (χ0n) is 12.0. The SMILES string of the molecule is Cc1c(Cl)c(CSc2nnc(C3CC3)o2)nc2ccccc12. The van der Waals surface area contributed by atoms with Gasteiger partial charge in [0.25, 0.3) is 5.22 Å². The smallest absolute Gasteiger partial charge is 0.276 e. The van der Waals surface area contributed by atoms with Crippen molar-refractivity contribution in [3.8, 4) is 0 Å². The second kappa shape index (κ2) is 5.56. The molecule has 4 nitrogen and oxygen atoms in total. The molecule has 0 unspecified atom stereocenters. The number of hydrogen-bond acceptors (Lipinski definition) is 5. The number of para-hydroxylation sites is 1. The number of aromatic nitrogens is 3. The number of halogens is 1. The highest BCUT2D eigenvalue weighted by molar-refractivity contribution is 7.98. The van der Waals surface area contributed by atoms with E-state index < -0.39 is 0 Å². The summed E-state index contributed by atoms with van der Waals surface area (Å²) >= 11 is 7.95. The lowest BCUT2D eigenvalue weighted by molar-refractivity contribution is 0.414. The molecule has 1 fully saturated rings. The van der Waals surface area contributed by atoms with E-state index in [4.69, 9.17) is 16.0 Å². The molecule has 0 aliphatic heterocycles. The van der Waals surface area contributed by atoms with E-state index in [0.29, 0.717) is 21.9 Å². The highest BCUT2D eigenvalue weighted by Crippen LogP contribution is 2.40. The molecule has 1 aromatic carbocycles. The Morgan fingerprint density at radius 3 is 2.91 bits per heavy atom. The molecule has 0 bridgehead atoms. The summed E-state index contributed by atoms with van der Waals surface area (Å²) in [5.74, 6) is 1.86. The summed E-state index contributed by atoms with van der Waals surface area (Å²) in [7, 11) is 0. The van der Waals surface area contributed by atoms with Crippen LogP contribution in [0.2, 0.25) is 5.02 Å². The van der Waals surface area contributed by atoms with Crippen molar-refractivity contribution in [3.63, 3.8) is 0 Å². The minimum Gasteiger partial charge on any atom is -0.416 e. The summed E-state index contributed by atoms with van der Waals surface area (Å²) in [6.07, 6.45) is 2.31. The molecule has 4 rings (SSSR count). The Morgan fingerprint density at radius 2 is 2.09 bits per heavy atom. The highest BCUT2D eigenvalue weighted by Gasteiger charge is 2.29. The zero-order valence-corrected chi connectivity index (χ0v) is 13.6. The van der Waals surface area contributed by atoms with Gasteiger partial charge in [-0.15, -0.1) is 10.2 Å². The van der Waals surface area contributed by atoms with Gasteiger partial charge < -0.3 is 4.42 Å². The van der Waals surface area contributed by atoms with Gasteiger partial charge in [-0.25, -0.2) is 0 Å². The number of thioether (sulfide) groups is 1. The lowest BCUT2D eigenvalue weighted by Gasteiger charge is -2.08. The molecule has 1 aliphatic carbocycles. The van der Waals surface area contributed by atoms with E-state index in [1.165, 1.54) is 11.8 Å². The van der Waals surface area contributed by atoms with Crippen molar-refractivity contribution in [2.75, 3.05) is 0 Å².